The van der Waals surface area contributed by atoms with Crippen LogP contribution < -0.4 is 0 Å². The summed E-state index contributed by atoms with van der Waals surface area (Å²) in [5.74, 6) is -0.441. The van der Waals surface area contributed by atoms with Crippen LogP contribution in [0.25, 0.3) is 0 Å². The second-order valence-electron chi connectivity index (χ2n) is 4.42. The van der Waals surface area contributed by atoms with Crippen LogP contribution in [0.2, 0.25) is 0 Å². The molecule has 1 aromatic carbocycles. The topological polar surface area (TPSA) is 40.5 Å². The number of rotatable bonds is 5. The number of carbonyl (C=O) groups is 1. The number of amides is 1. The van der Waals surface area contributed by atoms with Gasteiger partial charge in [0.05, 0.1) is 6.54 Å². The Morgan fingerprint density at radius 2 is 2.00 bits per heavy atom. The fraction of sp³-hybridized carbons (Fsp3) is 0.462. The van der Waals surface area contributed by atoms with E-state index in [4.69, 9.17) is 5.11 Å². The van der Waals surface area contributed by atoms with E-state index in [0.717, 1.165) is 14.9 Å². The van der Waals surface area contributed by atoms with E-state index in [0.29, 0.717) is 6.42 Å². The van der Waals surface area contributed by atoms with Gasteiger partial charge in [-0.2, -0.15) is 13.2 Å². The van der Waals surface area contributed by atoms with Crippen molar-refractivity contribution in [2.24, 2.45) is 0 Å². The van der Waals surface area contributed by atoms with Crippen molar-refractivity contribution in [1.29, 1.82) is 0 Å². The summed E-state index contributed by atoms with van der Waals surface area (Å²) >= 11 is 3.34. The second kappa shape index (κ2) is 7.08. The minimum absolute atomic E-state index is 0.0870. The van der Waals surface area contributed by atoms with Gasteiger partial charge in [0.25, 0.3) is 0 Å². The molecule has 0 spiro atoms. The standard InChI is InChI=1S/C13H15BrF3NO2/c1-18(8-11(19)13(15,16)17)12(20)7-6-9-4-2-3-5-10(9)14/h2-5,11,19H,6-8H2,1H3. The zero-order chi connectivity index (χ0) is 15.3. The van der Waals surface area contributed by atoms with Crippen molar-refractivity contribution < 1.29 is 23.1 Å². The number of likely N-dealkylation sites (N-methyl/N-ethyl adjacent to an activating group) is 1. The number of aryl methyl sites for hydroxylation is 1. The van der Waals surface area contributed by atoms with Gasteiger partial charge in [-0.05, 0) is 18.1 Å². The first kappa shape index (κ1) is 17.0. The van der Waals surface area contributed by atoms with E-state index in [1.54, 1.807) is 0 Å². The number of alkyl halides is 3. The Balaban J connectivity index is 2.49. The molecule has 1 amide bonds. The van der Waals surface area contributed by atoms with E-state index in [1.165, 1.54) is 7.05 Å². The SMILES string of the molecule is CN(CC(O)C(F)(F)F)C(=O)CCc1ccccc1Br. The van der Waals surface area contributed by atoms with Crippen LogP contribution in [0.3, 0.4) is 0 Å². The predicted molar refractivity (Wildman–Crippen MR) is 72.2 cm³/mol. The molecule has 0 aliphatic heterocycles. The van der Waals surface area contributed by atoms with Crippen LogP contribution in [0.15, 0.2) is 28.7 Å². The Morgan fingerprint density at radius 1 is 1.40 bits per heavy atom. The van der Waals surface area contributed by atoms with Gasteiger partial charge in [-0.1, -0.05) is 34.1 Å². The van der Waals surface area contributed by atoms with Crippen LogP contribution in [-0.4, -0.2) is 41.8 Å². The summed E-state index contributed by atoms with van der Waals surface area (Å²) in [6.07, 6.45) is -6.71. The van der Waals surface area contributed by atoms with Crippen molar-refractivity contribution in [3.8, 4) is 0 Å². The lowest BCUT2D eigenvalue weighted by Gasteiger charge is -2.22. The predicted octanol–water partition coefficient (Wildman–Crippen LogP) is 2.76. The highest BCUT2D eigenvalue weighted by Gasteiger charge is 2.39. The van der Waals surface area contributed by atoms with Gasteiger partial charge < -0.3 is 10.0 Å². The maximum atomic E-state index is 12.2. The number of carbonyl (C=O) groups excluding carboxylic acids is 1. The van der Waals surface area contributed by atoms with Gasteiger partial charge >= 0.3 is 6.18 Å². The van der Waals surface area contributed by atoms with Crippen molar-refractivity contribution in [3.63, 3.8) is 0 Å². The van der Waals surface area contributed by atoms with Gasteiger partial charge in [-0.3, -0.25) is 4.79 Å². The maximum absolute atomic E-state index is 12.2. The summed E-state index contributed by atoms with van der Waals surface area (Å²) in [6, 6.07) is 7.32. The number of aliphatic hydroxyl groups is 1. The van der Waals surface area contributed by atoms with E-state index >= 15 is 0 Å². The lowest BCUT2D eigenvalue weighted by molar-refractivity contribution is -0.207. The molecule has 1 unspecified atom stereocenters. The van der Waals surface area contributed by atoms with E-state index in [2.05, 4.69) is 15.9 Å². The van der Waals surface area contributed by atoms with Gasteiger partial charge in [0, 0.05) is 17.9 Å². The molecule has 1 rings (SSSR count). The van der Waals surface area contributed by atoms with Crippen molar-refractivity contribution in [2.45, 2.75) is 25.1 Å². The third-order valence-corrected chi connectivity index (χ3v) is 3.59. The molecule has 1 aromatic rings. The fourth-order valence-electron chi connectivity index (χ4n) is 1.60. The zero-order valence-corrected chi connectivity index (χ0v) is 12.4. The molecule has 0 aromatic heterocycles. The number of aliphatic hydroxyl groups excluding tert-OH is 1. The Bertz CT molecular complexity index is 465. The molecule has 0 aliphatic carbocycles. The number of halogens is 4. The van der Waals surface area contributed by atoms with Crippen LogP contribution in [-0.2, 0) is 11.2 Å². The fourth-order valence-corrected chi connectivity index (χ4v) is 2.08. The molecule has 0 bridgehead atoms. The number of hydrogen-bond acceptors (Lipinski definition) is 2. The van der Waals surface area contributed by atoms with Crippen molar-refractivity contribution in [1.82, 2.24) is 4.90 Å². The van der Waals surface area contributed by atoms with Crippen molar-refractivity contribution in [3.05, 3.63) is 34.3 Å². The summed E-state index contributed by atoms with van der Waals surface area (Å²) in [5.41, 5.74) is 0.908. The highest BCUT2D eigenvalue weighted by molar-refractivity contribution is 9.10. The third kappa shape index (κ3) is 5.13. The molecule has 20 heavy (non-hydrogen) atoms. The van der Waals surface area contributed by atoms with Crippen LogP contribution in [0.4, 0.5) is 13.2 Å². The molecule has 1 N–H and O–H groups in total. The Hall–Kier alpha value is -1.08. The van der Waals surface area contributed by atoms with E-state index in [9.17, 15) is 18.0 Å². The molecule has 0 saturated heterocycles. The second-order valence-corrected chi connectivity index (χ2v) is 5.28. The lowest BCUT2D eigenvalue weighted by atomic mass is 10.1. The van der Waals surface area contributed by atoms with E-state index < -0.39 is 24.7 Å². The minimum Gasteiger partial charge on any atom is -0.382 e. The summed E-state index contributed by atoms with van der Waals surface area (Å²) in [7, 11) is 1.25. The third-order valence-electron chi connectivity index (χ3n) is 2.82. The van der Waals surface area contributed by atoms with Gasteiger partial charge in [0.2, 0.25) is 5.91 Å². The first-order valence-corrected chi connectivity index (χ1v) is 6.73. The van der Waals surface area contributed by atoms with Crippen LogP contribution in [0, 0.1) is 0 Å². The van der Waals surface area contributed by atoms with Gasteiger partial charge in [-0.15, -0.1) is 0 Å². The van der Waals surface area contributed by atoms with E-state index in [1.807, 2.05) is 24.3 Å². The van der Waals surface area contributed by atoms with Gasteiger partial charge in [0.1, 0.15) is 0 Å². The van der Waals surface area contributed by atoms with E-state index in [-0.39, 0.29) is 6.42 Å². The van der Waals surface area contributed by atoms with Crippen molar-refractivity contribution in [2.75, 3.05) is 13.6 Å². The Labute approximate surface area is 123 Å². The minimum atomic E-state index is -4.71. The average molecular weight is 354 g/mol. The molecule has 0 heterocycles. The maximum Gasteiger partial charge on any atom is 0.416 e. The smallest absolute Gasteiger partial charge is 0.382 e. The van der Waals surface area contributed by atoms with Gasteiger partial charge in [-0.25, -0.2) is 0 Å². The summed E-state index contributed by atoms with van der Waals surface area (Å²) < 4.78 is 37.4. The zero-order valence-electron chi connectivity index (χ0n) is 10.8. The summed E-state index contributed by atoms with van der Waals surface area (Å²) in [4.78, 5) is 12.6. The number of hydrogen-bond donors (Lipinski definition) is 1. The molecule has 0 radical (unpaired) electrons. The number of nitrogens with zero attached hydrogens (tertiary/aromatic N) is 1. The Morgan fingerprint density at radius 3 is 2.55 bits per heavy atom. The molecule has 0 saturated carbocycles. The molecule has 112 valence electrons. The van der Waals surface area contributed by atoms with Crippen LogP contribution in [0.5, 0.6) is 0 Å². The molecule has 1 atom stereocenters. The average Bonchev–Trinajstić information content (AvgIpc) is 2.36. The lowest BCUT2D eigenvalue weighted by Crippen LogP contribution is -2.41. The van der Waals surface area contributed by atoms with Crippen molar-refractivity contribution >= 4 is 21.8 Å². The van der Waals surface area contributed by atoms with Crippen LogP contribution in [0.1, 0.15) is 12.0 Å². The Kier molecular flexibility index (Phi) is 6.01. The first-order chi connectivity index (χ1) is 9.21. The molecule has 0 aliphatic rings. The molecular formula is C13H15BrF3NO2. The summed E-state index contributed by atoms with van der Waals surface area (Å²) in [6.45, 7) is -0.752. The molecular weight excluding hydrogens is 339 g/mol. The molecule has 7 heteroatoms. The largest absolute Gasteiger partial charge is 0.416 e. The first-order valence-electron chi connectivity index (χ1n) is 5.94. The quantitative estimate of drug-likeness (QED) is 0.884. The monoisotopic (exact) mass is 353 g/mol. The summed E-state index contributed by atoms with van der Waals surface area (Å²) in [5, 5.41) is 8.91. The highest BCUT2D eigenvalue weighted by Crippen LogP contribution is 2.21. The normalized spacial score (nSPS) is 13.1. The molecule has 0 fully saturated rings. The number of benzene rings is 1. The van der Waals surface area contributed by atoms with Gasteiger partial charge in [0.15, 0.2) is 6.10 Å². The molecule has 3 nitrogen and oxygen atoms in total. The van der Waals surface area contributed by atoms with Crippen LogP contribution >= 0.6 is 15.9 Å². The highest BCUT2D eigenvalue weighted by atomic mass is 79.9.